The fraction of sp³-hybridized carbons (Fsp3) is 0.222. The average molecular weight is 364 g/mol. The van der Waals surface area contributed by atoms with Gasteiger partial charge in [-0.05, 0) is 44.2 Å². The number of hydrogen-bond acceptors (Lipinski definition) is 3. The molecule has 0 spiro atoms. The molecule has 0 atom stereocenters. The maximum absolute atomic E-state index is 12.4. The zero-order chi connectivity index (χ0) is 17.5. The summed E-state index contributed by atoms with van der Waals surface area (Å²) >= 11 is 12.0. The summed E-state index contributed by atoms with van der Waals surface area (Å²) in [7, 11) is 0. The van der Waals surface area contributed by atoms with Gasteiger partial charge in [-0.1, -0.05) is 29.3 Å². The molecule has 2 aromatic rings. The Labute approximate surface area is 149 Å². The summed E-state index contributed by atoms with van der Waals surface area (Å²) in [5.74, 6) is 0.0740. The van der Waals surface area contributed by atoms with E-state index in [1.807, 2.05) is 13.8 Å². The van der Waals surface area contributed by atoms with E-state index in [1.54, 1.807) is 36.4 Å². The molecule has 0 bridgehead atoms. The summed E-state index contributed by atoms with van der Waals surface area (Å²) in [5, 5.41) is 3.32. The Kier molecular flexibility index (Phi) is 4.28. The second-order valence-corrected chi connectivity index (χ2v) is 7.01. The number of ether oxygens (including phenoxy) is 1. The van der Waals surface area contributed by atoms with E-state index >= 15 is 0 Å². The molecule has 1 heterocycles. The van der Waals surface area contributed by atoms with E-state index in [4.69, 9.17) is 27.9 Å². The normalized spacial score (nSPS) is 15.4. The molecule has 0 saturated carbocycles. The fourth-order valence-electron chi connectivity index (χ4n) is 2.59. The highest BCUT2D eigenvalue weighted by Crippen LogP contribution is 2.34. The van der Waals surface area contributed by atoms with Crippen molar-refractivity contribution in [3.8, 4) is 5.75 Å². The summed E-state index contributed by atoms with van der Waals surface area (Å²) < 4.78 is 5.79. The number of rotatable bonds is 2. The third kappa shape index (κ3) is 3.25. The summed E-state index contributed by atoms with van der Waals surface area (Å²) in [6, 6.07) is 9.78. The Morgan fingerprint density at radius 3 is 2.71 bits per heavy atom. The molecule has 6 heteroatoms. The molecule has 0 saturated heterocycles. The minimum absolute atomic E-state index is 0.0447. The predicted molar refractivity (Wildman–Crippen MR) is 94.5 cm³/mol. The molecule has 0 aromatic heterocycles. The lowest BCUT2D eigenvalue weighted by Gasteiger charge is -2.31. The minimum atomic E-state index is -0.540. The Balaban J connectivity index is 1.88. The monoisotopic (exact) mass is 363 g/mol. The number of Topliss-reactive ketones (excluding diaryl/α,β-unsaturated/α-hetero) is 1. The standard InChI is InChI=1S/C18H15Cl2NO3/c1-18(2)9-14(22)11-8-10(6-7-15(11)24-18)17(23)21-13-5-3-4-12(19)16(13)20/h3-8H,9H2,1-2H3,(H,21,23). The van der Waals surface area contributed by atoms with Crippen molar-refractivity contribution in [3.05, 3.63) is 57.6 Å². The van der Waals surface area contributed by atoms with Crippen LogP contribution in [0.4, 0.5) is 5.69 Å². The van der Waals surface area contributed by atoms with Crippen LogP contribution in [0.2, 0.25) is 10.0 Å². The molecule has 24 heavy (non-hydrogen) atoms. The van der Waals surface area contributed by atoms with Gasteiger partial charge < -0.3 is 10.1 Å². The van der Waals surface area contributed by atoms with Crippen LogP contribution in [0.15, 0.2) is 36.4 Å². The van der Waals surface area contributed by atoms with Crippen molar-refractivity contribution in [1.29, 1.82) is 0 Å². The van der Waals surface area contributed by atoms with Crippen molar-refractivity contribution < 1.29 is 14.3 Å². The lowest BCUT2D eigenvalue weighted by atomic mass is 9.92. The third-order valence-electron chi connectivity index (χ3n) is 3.71. The summed E-state index contributed by atoms with van der Waals surface area (Å²) in [4.78, 5) is 24.7. The van der Waals surface area contributed by atoms with E-state index in [0.717, 1.165) is 0 Å². The van der Waals surface area contributed by atoms with Gasteiger partial charge in [0.15, 0.2) is 5.78 Å². The van der Waals surface area contributed by atoms with Crippen molar-refractivity contribution >= 4 is 40.6 Å². The fourth-order valence-corrected chi connectivity index (χ4v) is 2.94. The van der Waals surface area contributed by atoms with E-state index < -0.39 is 5.60 Å². The van der Waals surface area contributed by atoms with E-state index in [0.29, 0.717) is 27.6 Å². The van der Waals surface area contributed by atoms with Crippen molar-refractivity contribution in [1.82, 2.24) is 0 Å². The first-order chi connectivity index (χ1) is 11.3. The van der Waals surface area contributed by atoms with Gasteiger partial charge in [-0.15, -0.1) is 0 Å². The smallest absolute Gasteiger partial charge is 0.255 e. The van der Waals surface area contributed by atoms with Gasteiger partial charge in [-0.2, -0.15) is 0 Å². The topological polar surface area (TPSA) is 55.4 Å². The quantitative estimate of drug-likeness (QED) is 0.817. The lowest BCUT2D eigenvalue weighted by Crippen LogP contribution is -2.36. The van der Waals surface area contributed by atoms with Crippen LogP contribution in [0.25, 0.3) is 0 Å². The molecule has 0 fully saturated rings. The third-order valence-corrected chi connectivity index (χ3v) is 4.53. The first-order valence-electron chi connectivity index (χ1n) is 7.38. The second-order valence-electron chi connectivity index (χ2n) is 6.23. The van der Waals surface area contributed by atoms with Crippen LogP contribution in [0.1, 0.15) is 41.0 Å². The number of ketones is 1. The highest BCUT2D eigenvalue weighted by Gasteiger charge is 2.32. The van der Waals surface area contributed by atoms with Crippen molar-refractivity contribution in [2.45, 2.75) is 25.9 Å². The summed E-state index contributed by atoms with van der Waals surface area (Å²) in [5.41, 5.74) is 0.638. The molecular formula is C18H15Cl2NO3. The number of halogens is 2. The van der Waals surface area contributed by atoms with Crippen LogP contribution in [0.3, 0.4) is 0 Å². The summed E-state index contributed by atoms with van der Waals surface area (Å²) in [6.07, 6.45) is 0.269. The van der Waals surface area contributed by atoms with Gasteiger partial charge in [0.25, 0.3) is 5.91 Å². The Morgan fingerprint density at radius 1 is 1.21 bits per heavy atom. The molecule has 2 aromatic carbocycles. The number of amides is 1. The molecule has 0 unspecified atom stereocenters. The summed E-state index contributed by atoms with van der Waals surface area (Å²) in [6.45, 7) is 3.71. The first-order valence-corrected chi connectivity index (χ1v) is 8.14. The Hall–Kier alpha value is -2.04. The van der Waals surface area contributed by atoms with E-state index in [9.17, 15) is 9.59 Å². The highest BCUT2D eigenvalue weighted by atomic mass is 35.5. The number of nitrogens with one attached hydrogen (secondary N) is 1. The lowest BCUT2D eigenvalue weighted by molar-refractivity contribution is 0.0620. The zero-order valence-electron chi connectivity index (χ0n) is 13.2. The molecule has 4 nitrogen and oxygen atoms in total. The number of carbonyl (C=O) groups excluding carboxylic acids is 2. The van der Waals surface area contributed by atoms with Crippen molar-refractivity contribution in [2.75, 3.05) is 5.32 Å². The molecule has 0 radical (unpaired) electrons. The molecule has 3 rings (SSSR count). The highest BCUT2D eigenvalue weighted by molar-refractivity contribution is 6.44. The largest absolute Gasteiger partial charge is 0.487 e. The van der Waals surface area contributed by atoms with Gasteiger partial charge in [-0.3, -0.25) is 9.59 Å². The number of hydrogen-bond donors (Lipinski definition) is 1. The van der Waals surface area contributed by atoms with Crippen LogP contribution in [-0.2, 0) is 0 Å². The van der Waals surface area contributed by atoms with E-state index in [2.05, 4.69) is 5.32 Å². The molecular weight excluding hydrogens is 349 g/mol. The van der Waals surface area contributed by atoms with Gasteiger partial charge in [-0.25, -0.2) is 0 Å². The van der Waals surface area contributed by atoms with Crippen molar-refractivity contribution in [2.24, 2.45) is 0 Å². The molecule has 1 aliphatic rings. The van der Waals surface area contributed by atoms with Crippen LogP contribution >= 0.6 is 23.2 Å². The average Bonchev–Trinajstić information content (AvgIpc) is 2.50. The number of carbonyl (C=O) groups is 2. The van der Waals surface area contributed by atoms with Crippen molar-refractivity contribution in [3.63, 3.8) is 0 Å². The maximum atomic E-state index is 12.4. The van der Waals surface area contributed by atoms with E-state index in [1.165, 1.54) is 0 Å². The van der Waals surface area contributed by atoms with Crippen LogP contribution in [0.5, 0.6) is 5.75 Å². The Morgan fingerprint density at radius 2 is 1.96 bits per heavy atom. The first kappa shape index (κ1) is 16.8. The van der Waals surface area contributed by atoms with Crippen LogP contribution in [-0.4, -0.2) is 17.3 Å². The maximum Gasteiger partial charge on any atom is 0.255 e. The number of benzene rings is 2. The molecule has 124 valence electrons. The van der Waals surface area contributed by atoms with Gasteiger partial charge in [0.05, 0.1) is 27.7 Å². The van der Waals surface area contributed by atoms with Gasteiger partial charge >= 0.3 is 0 Å². The molecule has 0 aliphatic carbocycles. The SMILES string of the molecule is CC1(C)CC(=O)c2cc(C(=O)Nc3cccc(Cl)c3Cl)ccc2O1. The van der Waals surface area contributed by atoms with Crippen LogP contribution in [0, 0.1) is 0 Å². The molecule has 1 amide bonds. The minimum Gasteiger partial charge on any atom is -0.487 e. The number of fused-ring (bicyclic) bond motifs is 1. The van der Waals surface area contributed by atoms with Gasteiger partial charge in [0.1, 0.15) is 11.4 Å². The predicted octanol–water partition coefficient (Wildman–Crippen LogP) is 4.99. The molecule has 1 aliphatic heterocycles. The second kappa shape index (κ2) is 6.11. The molecule has 1 N–H and O–H groups in total. The van der Waals surface area contributed by atoms with Crippen LogP contribution < -0.4 is 10.1 Å². The number of anilines is 1. The Bertz CT molecular complexity index is 846. The van der Waals surface area contributed by atoms with E-state index in [-0.39, 0.29) is 23.1 Å². The van der Waals surface area contributed by atoms with Gasteiger partial charge in [0, 0.05) is 5.56 Å². The zero-order valence-corrected chi connectivity index (χ0v) is 14.7. The van der Waals surface area contributed by atoms with Gasteiger partial charge in [0.2, 0.25) is 0 Å².